The first-order chi connectivity index (χ1) is 17.5. The lowest BCUT2D eigenvalue weighted by Crippen LogP contribution is -2.52. The third-order valence-corrected chi connectivity index (χ3v) is 6.91. The second-order valence-corrected chi connectivity index (χ2v) is 13.0. The molecule has 0 bridgehead atoms. The van der Waals surface area contributed by atoms with Gasteiger partial charge in [0, 0.05) is 12.1 Å². The summed E-state index contributed by atoms with van der Waals surface area (Å²) in [6, 6.07) is 13.2. The van der Waals surface area contributed by atoms with Gasteiger partial charge in [-0.25, -0.2) is 8.42 Å². The van der Waals surface area contributed by atoms with Crippen LogP contribution in [-0.2, 0) is 36.7 Å². The van der Waals surface area contributed by atoms with Gasteiger partial charge in [0.1, 0.15) is 11.8 Å². The molecule has 38 heavy (non-hydrogen) atoms. The molecule has 0 heterocycles. The summed E-state index contributed by atoms with van der Waals surface area (Å²) in [6.45, 7) is 0.758. The summed E-state index contributed by atoms with van der Waals surface area (Å²) in [4.78, 5) is 20.6. The lowest BCUT2D eigenvalue weighted by Gasteiger charge is -2.29. The number of hydrogen-bond donors (Lipinski definition) is 2. The van der Waals surface area contributed by atoms with Crippen LogP contribution in [0.25, 0.3) is 0 Å². The zero-order valence-corrected chi connectivity index (χ0v) is 23.1. The summed E-state index contributed by atoms with van der Waals surface area (Å²) in [6.07, 6.45) is 1.29. The number of carbonyl (C=O) groups excluding carboxylic acids is 1. The lowest BCUT2D eigenvalue weighted by molar-refractivity contribution is 0.0900. The average molecular weight is 593 g/mol. The standard InChI is InChI=1S/C21H28N4O10S3/c1-23(2)14-13-17-9-11-19(12-10-17)35-22-21(24(15-37(29,30)31)16-38(32,33)34)25(36(3,27)28)20(26)18-7-5-4-6-8-18/h4-12H,13-16H2,1-3H3,(H,29,30,31)(H,32,33,34). The quantitative estimate of drug-likeness (QED) is 0.159. The monoisotopic (exact) mass is 592 g/mol. The second kappa shape index (κ2) is 12.6. The SMILES string of the molecule is CN(C)CCc1ccc(ON=C(N(CS(=O)(=O)O)CS(=O)(=O)O)N(C(=O)c2ccccc2)S(C)(=O)=O)cc1. The minimum Gasteiger partial charge on any atom is -0.353 e. The molecule has 0 saturated carbocycles. The van der Waals surface area contributed by atoms with Crippen LogP contribution in [0, 0.1) is 0 Å². The van der Waals surface area contributed by atoms with Gasteiger partial charge in [-0.15, -0.1) is 0 Å². The summed E-state index contributed by atoms with van der Waals surface area (Å²) in [5.74, 6) is -5.49. The van der Waals surface area contributed by atoms with Gasteiger partial charge in [0.25, 0.3) is 32.1 Å². The van der Waals surface area contributed by atoms with Gasteiger partial charge in [-0.3, -0.25) is 13.9 Å². The van der Waals surface area contributed by atoms with E-state index in [9.17, 15) is 39.2 Å². The Labute approximate surface area is 221 Å². The van der Waals surface area contributed by atoms with Gasteiger partial charge in [0.2, 0.25) is 10.0 Å². The first kappa shape index (κ1) is 31.1. The summed E-state index contributed by atoms with van der Waals surface area (Å²) in [5, 5.41) is 3.59. The second-order valence-electron chi connectivity index (χ2n) is 8.34. The summed E-state index contributed by atoms with van der Waals surface area (Å²) >= 11 is 0. The molecule has 1 amide bonds. The van der Waals surface area contributed by atoms with Crippen LogP contribution >= 0.6 is 0 Å². The molecule has 0 aliphatic carbocycles. The molecule has 0 aliphatic rings. The van der Waals surface area contributed by atoms with E-state index < -0.39 is 53.9 Å². The van der Waals surface area contributed by atoms with Gasteiger partial charge in [0.15, 0.2) is 5.75 Å². The molecule has 2 rings (SSSR count). The van der Waals surface area contributed by atoms with Crippen LogP contribution < -0.4 is 4.84 Å². The largest absolute Gasteiger partial charge is 0.353 e. The fourth-order valence-electron chi connectivity index (χ4n) is 3.02. The van der Waals surface area contributed by atoms with Crippen LogP contribution in [0.3, 0.4) is 0 Å². The van der Waals surface area contributed by atoms with Crippen LogP contribution in [0.15, 0.2) is 59.8 Å². The number of hydrogen-bond acceptors (Lipinski definition) is 10. The average Bonchev–Trinajstić information content (AvgIpc) is 2.78. The van der Waals surface area contributed by atoms with E-state index in [0.717, 1.165) is 12.1 Å². The molecule has 0 aromatic heterocycles. The summed E-state index contributed by atoms with van der Waals surface area (Å²) < 4.78 is 90.8. The highest BCUT2D eigenvalue weighted by Crippen LogP contribution is 2.17. The number of rotatable bonds is 11. The Balaban J connectivity index is 2.63. The van der Waals surface area contributed by atoms with E-state index in [-0.39, 0.29) is 20.5 Å². The zero-order valence-electron chi connectivity index (χ0n) is 20.7. The van der Waals surface area contributed by atoms with Gasteiger partial charge in [-0.1, -0.05) is 30.3 Å². The Kier molecular flexibility index (Phi) is 10.4. The molecule has 0 fully saturated rings. The van der Waals surface area contributed by atoms with Crippen molar-refractivity contribution in [1.29, 1.82) is 0 Å². The first-order valence-corrected chi connectivity index (χ1v) is 15.8. The van der Waals surface area contributed by atoms with E-state index in [2.05, 4.69) is 5.16 Å². The third-order valence-electron chi connectivity index (χ3n) is 4.64. The highest BCUT2D eigenvalue weighted by molar-refractivity contribution is 7.89. The summed E-state index contributed by atoms with van der Waals surface area (Å²) in [5.41, 5.74) is 0.737. The number of nitrogens with zero attached hydrogens (tertiary/aromatic N) is 4. The van der Waals surface area contributed by atoms with Crippen LogP contribution in [0.2, 0.25) is 0 Å². The van der Waals surface area contributed by atoms with Crippen molar-refractivity contribution in [3.8, 4) is 5.75 Å². The van der Waals surface area contributed by atoms with Crippen molar-refractivity contribution in [2.24, 2.45) is 5.16 Å². The van der Waals surface area contributed by atoms with Crippen molar-refractivity contribution in [2.75, 3.05) is 38.6 Å². The molecular weight excluding hydrogens is 564 g/mol. The van der Waals surface area contributed by atoms with Gasteiger partial charge >= 0.3 is 0 Å². The van der Waals surface area contributed by atoms with Gasteiger partial charge in [0.05, 0.1) is 6.26 Å². The van der Waals surface area contributed by atoms with Crippen LogP contribution in [0.4, 0.5) is 0 Å². The predicted molar refractivity (Wildman–Crippen MR) is 139 cm³/mol. The van der Waals surface area contributed by atoms with Crippen molar-refractivity contribution < 1.29 is 44.0 Å². The minimum atomic E-state index is -5.03. The van der Waals surface area contributed by atoms with Crippen LogP contribution in [-0.4, -0.2) is 99.0 Å². The van der Waals surface area contributed by atoms with Crippen LogP contribution in [0.1, 0.15) is 15.9 Å². The van der Waals surface area contributed by atoms with Crippen molar-refractivity contribution in [3.05, 3.63) is 65.7 Å². The molecule has 2 aromatic rings. The molecular formula is C21H28N4O10S3. The molecule has 2 N–H and O–H groups in total. The van der Waals surface area contributed by atoms with Gasteiger partial charge < -0.3 is 14.6 Å². The Morgan fingerprint density at radius 1 is 0.868 bits per heavy atom. The molecule has 0 spiro atoms. The molecule has 14 nitrogen and oxygen atoms in total. The summed E-state index contributed by atoms with van der Waals surface area (Å²) in [7, 11) is -10.9. The Morgan fingerprint density at radius 3 is 1.84 bits per heavy atom. The Bertz CT molecular complexity index is 1420. The molecule has 0 saturated heterocycles. The normalized spacial score (nSPS) is 12.8. The number of benzene rings is 2. The number of guanidine groups is 1. The molecule has 0 aliphatic heterocycles. The molecule has 0 radical (unpaired) electrons. The van der Waals surface area contributed by atoms with Crippen molar-refractivity contribution >= 4 is 42.1 Å². The molecule has 2 aromatic carbocycles. The van der Waals surface area contributed by atoms with Crippen molar-refractivity contribution in [2.45, 2.75) is 6.42 Å². The maximum absolute atomic E-state index is 13.2. The maximum Gasteiger partial charge on any atom is 0.283 e. The zero-order chi connectivity index (χ0) is 28.7. The van der Waals surface area contributed by atoms with E-state index in [1.807, 2.05) is 19.0 Å². The highest BCUT2D eigenvalue weighted by atomic mass is 32.2. The molecule has 0 atom stereocenters. The van der Waals surface area contributed by atoms with Crippen LogP contribution in [0.5, 0.6) is 5.75 Å². The number of sulfonamides is 1. The van der Waals surface area contributed by atoms with Gasteiger partial charge in [-0.2, -0.15) is 21.1 Å². The van der Waals surface area contributed by atoms with E-state index in [0.29, 0.717) is 12.7 Å². The topological polar surface area (TPSA) is 191 Å². The number of oxime groups is 1. The van der Waals surface area contributed by atoms with E-state index in [1.54, 1.807) is 18.2 Å². The predicted octanol–water partition coefficient (Wildman–Crippen LogP) is 0.535. The number of likely N-dealkylation sites (N-methyl/N-ethyl adjacent to an activating group) is 1. The van der Waals surface area contributed by atoms with E-state index in [4.69, 9.17) is 4.84 Å². The Hall–Kier alpha value is -3.09. The number of carbonyl (C=O) groups is 1. The lowest BCUT2D eigenvalue weighted by atomic mass is 10.1. The molecule has 210 valence electrons. The first-order valence-electron chi connectivity index (χ1n) is 10.7. The fraction of sp³-hybridized carbons (Fsp3) is 0.333. The Morgan fingerprint density at radius 2 is 1.39 bits per heavy atom. The smallest absolute Gasteiger partial charge is 0.283 e. The highest BCUT2D eigenvalue weighted by Gasteiger charge is 2.37. The minimum absolute atomic E-state index is 0.00411. The molecule has 17 heteroatoms. The number of amides is 1. The fourth-order valence-corrected chi connectivity index (χ4v) is 5.19. The van der Waals surface area contributed by atoms with Crippen molar-refractivity contribution in [1.82, 2.24) is 14.1 Å². The van der Waals surface area contributed by atoms with E-state index in [1.165, 1.54) is 36.4 Å². The van der Waals surface area contributed by atoms with Gasteiger partial charge in [-0.05, 0) is 55.5 Å². The van der Waals surface area contributed by atoms with E-state index >= 15 is 0 Å². The third kappa shape index (κ3) is 10.3. The maximum atomic E-state index is 13.2. The van der Waals surface area contributed by atoms with Crippen molar-refractivity contribution in [3.63, 3.8) is 0 Å². The molecule has 0 unspecified atom stereocenters.